The van der Waals surface area contributed by atoms with Gasteiger partial charge in [0.1, 0.15) is 19.6 Å². The molecule has 0 saturated heterocycles. The van der Waals surface area contributed by atoms with Gasteiger partial charge >= 0.3 is 0 Å². The van der Waals surface area contributed by atoms with Gasteiger partial charge in [0.25, 0.3) is 10.1 Å². The van der Waals surface area contributed by atoms with E-state index in [-0.39, 0.29) is 5.91 Å². The van der Waals surface area contributed by atoms with Crippen LogP contribution in [0.1, 0.15) is 123 Å². The van der Waals surface area contributed by atoms with Gasteiger partial charge in [-0.1, -0.05) is 77.4 Å². The molecule has 7 nitrogen and oxygen atoms in total. The summed E-state index contributed by atoms with van der Waals surface area (Å²) < 4.78 is 34.1. The van der Waals surface area contributed by atoms with Gasteiger partial charge in [0.2, 0.25) is 11.7 Å². The average molecular weight is 543 g/mol. The second kappa shape index (κ2) is 20.5. The van der Waals surface area contributed by atoms with Gasteiger partial charge in [0, 0.05) is 12.8 Å². The monoisotopic (exact) mass is 542 g/mol. The molecule has 1 amide bonds. The fourth-order valence-electron chi connectivity index (χ4n) is 5.07. The SMILES string of the molecule is CC/C=C/CCCCCCCC(=O)NCCN1CC[N+](C)=C1CCCCCCCCC(CC)S(=O)(=O)O. The number of hydrogen-bond acceptors (Lipinski definition) is 4. The van der Waals surface area contributed by atoms with Crippen molar-refractivity contribution in [3.8, 4) is 0 Å². The van der Waals surface area contributed by atoms with Crippen molar-refractivity contribution in [3.05, 3.63) is 12.2 Å². The van der Waals surface area contributed by atoms with E-state index in [1.165, 1.54) is 37.9 Å². The summed E-state index contributed by atoms with van der Waals surface area (Å²) in [6, 6.07) is 0. The second-order valence-electron chi connectivity index (χ2n) is 10.6. The first kappa shape index (κ1) is 33.6. The third-order valence-corrected chi connectivity index (χ3v) is 8.86. The minimum Gasteiger partial charge on any atom is -0.352 e. The van der Waals surface area contributed by atoms with Crippen molar-refractivity contribution >= 4 is 21.9 Å². The molecule has 2 N–H and O–H groups in total. The van der Waals surface area contributed by atoms with Crippen LogP contribution in [0.25, 0.3) is 0 Å². The molecule has 1 aliphatic heterocycles. The number of hydrogen-bond donors (Lipinski definition) is 2. The summed E-state index contributed by atoms with van der Waals surface area (Å²) >= 11 is 0. The highest BCUT2D eigenvalue weighted by Gasteiger charge is 2.27. The van der Waals surface area contributed by atoms with E-state index in [1.807, 2.05) is 6.92 Å². The van der Waals surface area contributed by atoms with Crippen molar-refractivity contribution in [1.29, 1.82) is 0 Å². The Hall–Kier alpha value is -1.41. The first-order valence-corrected chi connectivity index (χ1v) is 16.5. The van der Waals surface area contributed by atoms with E-state index in [0.29, 0.717) is 25.8 Å². The van der Waals surface area contributed by atoms with Gasteiger partial charge in [-0.3, -0.25) is 18.8 Å². The van der Waals surface area contributed by atoms with Crippen LogP contribution in [0.15, 0.2) is 12.2 Å². The Labute approximate surface area is 227 Å². The lowest BCUT2D eigenvalue weighted by Crippen LogP contribution is -2.37. The Morgan fingerprint density at radius 3 is 2.32 bits per heavy atom. The first-order valence-electron chi connectivity index (χ1n) is 15.0. The van der Waals surface area contributed by atoms with E-state index in [0.717, 1.165) is 77.4 Å². The summed E-state index contributed by atoms with van der Waals surface area (Å²) in [5.41, 5.74) is 0. The maximum absolute atomic E-state index is 12.2. The van der Waals surface area contributed by atoms with Crippen LogP contribution in [0, 0.1) is 0 Å². The van der Waals surface area contributed by atoms with E-state index in [1.54, 1.807) is 0 Å². The number of nitrogens with zero attached hydrogens (tertiary/aromatic N) is 2. The predicted molar refractivity (Wildman–Crippen MR) is 155 cm³/mol. The van der Waals surface area contributed by atoms with E-state index in [9.17, 15) is 17.8 Å². The van der Waals surface area contributed by atoms with Crippen LogP contribution in [0.3, 0.4) is 0 Å². The highest BCUT2D eigenvalue weighted by atomic mass is 32.2. The first-order chi connectivity index (χ1) is 17.8. The van der Waals surface area contributed by atoms with Crippen LogP contribution in [0.2, 0.25) is 0 Å². The number of rotatable bonds is 23. The fourth-order valence-corrected chi connectivity index (χ4v) is 5.95. The second-order valence-corrected chi connectivity index (χ2v) is 12.3. The number of likely N-dealkylation sites (N-methyl/N-ethyl adjacent to an activating group) is 1. The quantitative estimate of drug-likeness (QED) is 0.0721. The Bertz CT molecular complexity index is 780. The van der Waals surface area contributed by atoms with E-state index < -0.39 is 15.4 Å². The molecule has 0 aliphatic carbocycles. The lowest BCUT2D eigenvalue weighted by molar-refractivity contribution is -0.487. The van der Waals surface area contributed by atoms with Gasteiger partial charge in [-0.2, -0.15) is 8.42 Å². The molecule has 0 aromatic rings. The largest absolute Gasteiger partial charge is 0.352 e. The normalized spacial score (nSPS) is 15.2. The lowest BCUT2D eigenvalue weighted by Gasteiger charge is -2.14. The minimum atomic E-state index is -3.90. The summed E-state index contributed by atoms with van der Waals surface area (Å²) in [6.07, 6.45) is 21.9. The highest BCUT2D eigenvalue weighted by Crippen LogP contribution is 2.16. The molecular weight excluding hydrogens is 486 g/mol. The maximum Gasteiger partial charge on any atom is 0.267 e. The van der Waals surface area contributed by atoms with Crippen molar-refractivity contribution in [2.45, 2.75) is 128 Å². The molecule has 0 aromatic heterocycles. The van der Waals surface area contributed by atoms with E-state index in [2.05, 4.69) is 40.9 Å². The number of carbonyl (C=O) groups is 1. The molecule has 216 valence electrons. The van der Waals surface area contributed by atoms with E-state index in [4.69, 9.17) is 0 Å². The third-order valence-electron chi connectivity index (χ3n) is 7.44. The maximum atomic E-state index is 12.2. The number of allylic oxidation sites excluding steroid dienone is 2. The van der Waals surface area contributed by atoms with Gasteiger partial charge in [-0.15, -0.1) is 0 Å². The topological polar surface area (TPSA) is 89.7 Å². The summed E-state index contributed by atoms with van der Waals surface area (Å²) in [5, 5.41) is 2.51. The molecule has 8 heteroatoms. The molecule has 37 heavy (non-hydrogen) atoms. The average Bonchev–Trinajstić information content (AvgIpc) is 3.20. The number of nitrogens with one attached hydrogen (secondary N) is 1. The predicted octanol–water partition coefficient (Wildman–Crippen LogP) is 5.94. The van der Waals surface area contributed by atoms with Gasteiger partial charge < -0.3 is 5.32 Å². The van der Waals surface area contributed by atoms with Gasteiger partial charge in [0.05, 0.1) is 18.8 Å². The molecule has 1 aliphatic rings. The summed E-state index contributed by atoms with van der Waals surface area (Å²) in [5.74, 6) is 1.57. The lowest BCUT2D eigenvalue weighted by atomic mass is 10.1. The highest BCUT2D eigenvalue weighted by molar-refractivity contribution is 7.86. The molecule has 0 aromatic carbocycles. The Kier molecular flexibility index (Phi) is 18.7. The molecule has 0 bridgehead atoms. The molecule has 0 spiro atoms. The molecule has 0 fully saturated rings. The smallest absolute Gasteiger partial charge is 0.267 e. The number of amidine groups is 1. The zero-order chi connectivity index (χ0) is 27.4. The molecule has 1 heterocycles. The zero-order valence-corrected chi connectivity index (χ0v) is 24.9. The van der Waals surface area contributed by atoms with Gasteiger partial charge in [0.15, 0.2) is 0 Å². The zero-order valence-electron chi connectivity index (χ0n) is 24.1. The van der Waals surface area contributed by atoms with E-state index >= 15 is 0 Å². The van der Waals surface area contributed by atoms with Crippen molar-refractivity contribution in [3.63, 3.8) is 0 Å². The Balaban J connectivity index is 2.09. The van der Waals surface area contributed by atoms with Crippen LogP contribution in [-0.4, -0.2) is 72.7 Å². The van der Waals surface area contributed by atoms with Gasteiger partial charge in [-0.05, 0) is 44.9 Å². The summed E-state index contributed by atoms with van der Waals surface area (Å²) in [6.45, 7) is 7.64. The van der Waals surface area contributed by atoms with Crippen molar-refractivity contribution in [2.75, 3.05) is 33.2 Å². The molecular formula is C29H56N3O4S+. The van der Waals surface area contributed by atoms with Crippen molar-refractivity contribution in [2.24, 2.45) is 0 Å². The fraction of sp³-hybridized carbons (Fsp3) is 0.862. The van der Waals surface area contributed by atoms with Crippen molar-refractivity contribution < 1.29 is 22.3 Å². The van der Waals surface area contributed by atoms with Gasteiger partial charge in [-0.25, -0.2) is 0 Å². The molecule has 0 radical (unpaired) electrons. The molecule has 1 rings (SSSR count). The summed E-state index contributed by atoms with van der Waals surface area (Å²) in [7, 11) is -1.74. The standard InChI is InChI=1S/C29H55N3O4S/c1-4-6-7-8-9-10-11-15-18-21-28(33)30-23-24-32-26-25-31(3)29(32)22-19-16-13-12-14-17-20-27(5-2)37(34,35)36/h6-7,27H,4-5,8-26H2,1-3H3,(H-,30,33,34,35,36)/p+1/b7-6+. The van der Waals surface area contributed by atoms with Crippen LogP contribution >= 0.6 is 0 Å². The molecule has 0 saturated carbocycles. The molecule has 1 unspecified atom stereocenters. The van der Waals surface area contributed by atoms with Crippen LogP contribution in [-0.2, 0) is 14.9 Å². The summed E-state index contributed by atoms with van der Waals surface area (Å²) in [4.78, 5) is 14.6. The van der Waals surface area contributed by atoms with Crippen LogP contribution < -0.4 is 5.32 Å². The van der Waals surface area contributed by atoms with Crippen molar-refractivity contribution in [1.82, 2.24) is 10.2 Å². The van der Waals surface area contributed by atoms with Crippen LogP contribution in [0.5, 0.6) is 0 Å². The Morgan fingerprint density at radius 2 is 1.65 bits per heavy atom. The number of amides is 1. The Morgan fingerprint density at radius 1 is 1.00 bits per heavy atom. The third kappa shape index (κ3) is 16.2. The number of unbranched alkanes of at least 4 members (excludes halogenated alkanes) is 10. The number of carbonyl (C=O) groups excluding carboxylic acids is 1. The van der Waals surface area contributed by atoms with Crippen LogP contribution in [0.4, 0.5) is 0 Å². The molecule has 1 atom stereocenters. The minimum absolute atomic E-state index is 0.182.